The van der Waals surface area contributed by atoms with E-state index in [-0.39, 0.29) is 0 Å². The molecule has 0 aliphatic heterocycles. The highest BCUT2D eigenvalue weighted by Gasteiger charge is 2.30. The van der Waals surface area contributed by atoms with E-state index in [9.17, 15) is 26.7 Å². The molecule has 1 N–H and O–H groups in total. The highest BCUT2D eigenvalue weighted by atomic mass is 19.2. The van der Waals surface area contributed by atoms with Gasteiger partial charge in [0, 0.05) is 6.04 Å². The van der Waals surface area contributed by atoms with Crippen molar-refractivity contribution in [1.29, 1.82) is 0 Å². The summed E-state index contributed by atoms with van der Waals surface area (Å²) >= 11 is 0. The summed E-state index contributed by atoms with van der Waals surface area (Å²) in [6.45, 7) is 3.43. The van der Waals surface area contributed by atoms with Gasteiger partial charge in [-0.1, -0.05) is 13.8 Å². The minimum Gasteiger partial charge on any atom is -0.349 e. The summed E-state index contributed by atoms with van der Waals surface area (Å²) in [4.78, 5) is 11.6. The lowest BCUT2D eigenvalue weighted by Gasteiger charge is -2.15. The first-order valence-corrected chi connectivity index (χ1v) is 5.67. The quantitative estimate of drug-likeness (QED) is 0.512. The fraction of sp³-hybridized carbons (Fsp3) is 0.417. The molecule has 2 nitrogen and oxygen atoms in total. The first kappa shape index (κ1) is 15.4. The van der Waals surface area contributed by atoms with Gasteiger partial charge in [0.15, 0.2) is 23.3 Å². The fourth-order valence-corrected chi connectivity index (χ4v) is 1.55. The van der Waals surface area contributed by atoms with Crippen LogP contribution in [0.2, 0.25) is 0 Å². The number of hydrogen-bond donors (Lipinski definition) is 1. The summed E-state index contributed by atoms with van der Waals surface area (Å²) in [5.74, 6) is -12.1. The SMILES string of the molecule is CCC(CC)NC(=O)c1c(F)c(F)c(F)c(F)c1F. The predicted molar refractivity (Wildman–Crippen MR) is 58.1 cm³/mol. The Kier molecular flexibility index (Phi) is 4.85. The minimum absolute atomic E-state index is 0.400. The number of hydrogen-bond acceptors (Lipinski definition) is 1. The monoisotopic (exact) mass is 281 g/mol. The fourth-order valence-electron chi connectivity index (χ4n) is 1.55. The average molecular weight is 281 g/mol. The van der Waals surface area contributed by atoms with E-state index in [0.717, 1.165) is 0 Å². The van der Waals surface area contributed by atoms with Crippen LogP contribution in [0.5, 0.6) is 0 Å². The van der Waals surface area contributed by atoms with Gasteiger partial charge >= 0.3 is 0 Å². The van der Waals surface area contributed by atoms with Gasteiger partial charge in [-0.2, -0.15) is 0 Å². The summed E-state index contributed by atoms with van der Waals surface area (Å²) < 4.78 is 65.3. The maximum absolute atomic E-state index is 13.3. The van der Waals surface area contributed by atoms with E-state index in [4.69, 9.17) is 0 Å². The summed E-state index contributed by atoms with van der Waals surface area (Å²) in [6.07, 6.45) is 0.940. The molecule has 1 rings (SSSR count). The lowest BCUT2D eigenvalue weighted by molar-refractivity contribution is 0.0923. The molecule has 0 atom stereocenters. The molecule has 0 bridgehead atoms. The van der Waals surface area contributed by atoms with Crippen LogP contribution in [0.4, 0.5) is 22.0 Å². The van der Waals surface area contributed by atoms with Crippen molar-refractivity contribution in [3.63, 3.8) is 0 Å². The Balaban J connectivity index is 3.24. The second-order valence-electron chi connectivity index (χ2n) is 3.93. The first-order valence-electron chi connectivity index (χ1n) is 5.67. The van der Waals surface area contributed by atoms with Gasteiger partial charge in [0.25, 0.3) is 5.91 Å². The zero-order valence-corrected chi connectivity index (χ0v) is 10.3. The number of rotatable bonds is 4. The van der Waals surface area contributed by atoms with Crippen molar-refractivity contribution in [3.8, 4) is 0 Å². The molecule has 0 saturated heterocycles. The zero-order valence-electron chi connectivity index (χ0n) is 10.3. The van der Waals surface area contributed by atoms with Crippen molar-refractivity contribution in [3.05, 3.63) is 34.6 Å². The lowest BCUT2D eigenvalue weighted by atomic mass is 10.1. The smallest absolute Gasteiger partial charge is 0.257 e. The molecule has 0 fully saturated rings. The maximum atomic E-state index is 13.3. The molecular weight excluding hydrogens is 269 g/mol. The van der Waals surface area contributed by atoms with E-state index in [2.05, 4.69) is 5.32 Å². The molecule has 0 spiro atoms. The minimum atomic E-state index is -2.28. The second-order valence-corrected chi connectivity index (χ2v) is 3.93. The van der Waals surface area contributed by atoms with Gasteiger partial charge in [0.2, 0.25) is 5.82 Å². The molecular formula is C12H12F5NO. The standard InChI is InChI=1S/C12H12F5NO/c1-3-5(4-2)18-12(19)6-7(13)9(15)11(17)10(16)8(6)14/h5H,3-4H2,1-2H3,(H,18,19). The van der Waals surface area contributed by atoms with Gasteiger partial charge < -0.3 is 5.32 Å². The topological polar surface area (TPSA) is 29.1 Å². The Hall–Kier alpha value is -1.66. The molecule has 1 amide bonds. The number of halogens is 5. The third-order valence-corrected chi connectivity index (χ3v) is 2.76. The van der Waals surface area contributed by atoms with E-state index in [0.29, 0.717) is 12.8 Å². The molecule has 0 heterocycles. The molecule has 0 unspecified atom stereocenters. The Morgan fingerprint density at radius 3 is 1.63 bits per heavy atom. The number of carbonyl (C=O) groups excluding carboxylic acids is 1. The van der Waals surface area contributed by atoms with E-state index in [1.165, 1.54) is 0 Å². The van der Waals surface area contributed by atoms with Crippen molar-refractivity contribution >= 4 is 5.91 Å². The summed E-state index contributed by atoms with van der Waals surface area (Å²) in [5, 5.41) is 2.21. The zero-order chi connectivity index (χ0) is 14.7. The van der Waals surface area contributed by atoms with Gasteiger partial charge in [0.05, 0.1) is 0 Å². The van der Waals surface area contributed by atoms with Crippen LogP contribution in [0, 0.1) is 29.1 Å². The van der Waals surface area contributed by atoms with Crippen LogP contribution in [-0.4, -0.2) is 11.9 Å². The van der Waals surface area contributed by atoms with Crippen LogP contribution >= 0.6 is 0 Å². The van der Waals surface area contributed by atoms with Crippen LogP contribution in [0.15, 0.2) is 0 Å². The third-order valence-electron chi connectivity index (χ3n) is 2.76. The van der Waals surface area contributed by atoms with E-state index in [1.54, 1.807) is 13.8 Å². The van der Waals surface area contributed by atoms with Crippen molar-refractivity contribution < 1.29 is 26.7 Å². The third kappa shape index (κ3) is 2.85. The van der Waals surface area contributed by atoms with Crippen molar-refractivity contribution in [2.75, 3.05) is 0 Å². The second kappa shape index (κ2) is 5.99. The van der Waals surface area contributed by atoms with Gasteiger partial charge in [-0.05, 0) is 12.8 Å². The number of benzene rings is 1. The molecule has 0 radical (unpaired) electrons. The normalized spacial score (nSPS) is 10.9. The molecule has 106 valence electrons. The molecule has 1 aromatic rings. The van der Waals surface area contributed by atoms with Gasteiger partial charge in [0.1, 0.15) is 5.56 Å². The predicted octanol–water partition coefficient (Wildman–Crippen LogP) is 3.30. The number of nitrogens with one attached hydrogen (secondary N) is 1. The Bertz CT molecular complexity index is 470. The van der Waals surface area contributed by atoms with E-state index >= 15 is 0 Å². The Morgan fingerprint density at radius 1 is 0.895 bits per heavy atom. The number of amides is 1. The van der Waals surface area contributed by atoms with Crippen molar-refractivity contribution in [1.82, 2.24) is 5.32 Å². The highest BCUT2D eigenvalue weighted by molar-refractivity contribution is 5.95. The van der Waals surface area contributed by atoms with Crippen LogP contribution in [0.3, 0.4) is 0 Å². The molecule has 7 heteroatoms. The molecule has 19 heavy (non-hydrogen) atoms. The Labute approximate surface area is 106 Å². The van der Waals surface area contributed by atoms with Crippen LogP contribution in [0.25, 0.3) is 0 Å². The summed E-state index contributed by atoms with van der Waals surface area (Å²) in [5.41, 5.74) is -1.46. The highest BCUT2D eigenvalue weighted by Crippen LogP contribution is 2.23. The van der Waals surface area contributed by atoms with Crippen molar-refractivity contribution in [2.45, 2.75) is 32.7 Å². The maximum Gasteiger partial charge on any atom is 0.257 e. The van der Waals surface area contributed by atoms with Crippen LogP contribution < -0.4 is 5.32 Å². The van der Waals surface area contributed by atoms with E-state index in [1.807, 2.05) is 0 Å². The lowest BCUT2D eigenvalue weighted by Crippen LogP contribution is -2.35. The average Bonchev–Trinajstić information content (AvgIpc) is 2.40. The van der Waals surface area contributed by atoms with Gasteiger partial charge in [-0.25, -0.2) is 22.0 Å². The summed E-state index contributed by atoms with van der Waals surface area (Å²) in [6, 6.07) is -0.400. The number of carbonyl (C=O) groups is 1. The molecule has 0 aromatic heterocycles. The molecule has 1 aromatic carbocycles. The molecule has 0 aliphatic rings. The largest absolute Gasteiger partial charge is 0.349 e. The molecule has 0 saturated carbocycles. The van der Waals surface area contributed by atoms with E-state index < -0.39 is 46.6 Å². The van der Waals surface area contributed by atoms with Crippen LogP contribution in [-0.2, 0) is 0 Å². The summed E-state index contributed by atoms with van der Waals surface area (Å²) in [7, 11) is 0. The van der Waals surface area contributed by atoms with Gasteiger partial charge in [-0.15, -0.1) is 0 Å². The Morgan fingerprint density at radius 2 is 1.26 bits per heavy atom. The first-order chi connectivity index (χ1) is 8.84. The van der Waals surface area contributed by atoms with Gasteiger partial charge in [-0.3, -0.25) is 4.79 Å². The van der Waals surface area contributed by atoms with Crippen LogP contribution in [0.1, 0.15) is 37.0 Å². The molecule has 0 aliphatic carbocycles. The van der Waals surface area contributed by atoms with Crippen molar-refractivity contribution in [2.24, 2.45) is 0 Å².